The fourth-order valence-corrected chi connectivity index (χ4v) is 2.68. The maximum atomic E-state index is 6.61. The number of methoxy groups -OCH3 is 1. The molecule has 0 amide bonds. The minimum Gasteiger partial charge on any atom is -0.496 e. The van der Waals surface area contributed by atoms with Crippen molar-refractivity contribution in [2.75, 3.05) is 7.11 Å². The van der Waals surface area contributed by atoms with Gasteiger partial charge in [0.05, 0.1) is 12.6 Å². The Hall–Kier alpha value is -1.32. The maximum absolute atomic E-state index is 6.61. The van der Waals surface area contributed by atoms with Crippen LogP contribution in [0.4, 0.5) is 0 Å². The Balaban J connectivity index is 2.59. The van der Waals surface area contributed by atoms with Crippen molar-refractivity contribution in [1.82, 2.24) is 0 Å². The van der Waals surface area contributed by atoms with Gasteiger partial charge in [0.1, 0.15) is 5.75 Å². The summed E-state index contributed by atoms with van der Waals surface area (Å²) >= 11 is 3.45. The summed E-state index contributed by atoms with van der Waals surface area (Å²) in [6, 6.07) is 12.2. The fourth-order valence-electron chi connectivity index (χ4n) is 2.41. The van der Waals surface area contributed by atoms with Crippen molar-refractivity contribution in [3.63, 3.8) is 0 Å². The minimum absolute atomic E-state index is 0.593. The van der Waals surface area contributed by atoms with E-state index in [0.29, 0.717) is 0 Å². The lowest BCUT2D eigenvalue weighted by Crippen LogP contribution is -2.35. The second-order valence-electron chi connectivity index (χ2n) is 5.30. The topological polar surface area (TPSA) is 35.2 Å². The van der Waals surface area contributed by atoms with E-state index in [1.165, 1.54) is 5.56 Å². The zero-order valence-electron chi connectivity index (χ0n) is 12.3. The number of hydrogen-bond acceptors (Lipinski definition) is 2. The Morgan fingerprint density at radius 1 is 1.05 bits per heavy atom. The highest BCUT2D eigenvalue weighted by Crippen LogP contribution is 2.36. The number of hydrogen-bond donors (Lipinski definition) is 1. The summed E-state index contributed by atoms with van der Waals surface area (Å²) in [5, 5.41) is 0. The molecule has 0 aliphatic heterocycles. The van der Waals surface area contributed by atoms with Crippen molar-refractivity contribution in [3.8, 4) is 5.75 Å². The molecule has 0 radical (unpaired) electrons. The summed E-state index contributed by atoms with van der Waals surface area (Å²) in [6.07, 6.45) is 0. The van der Waals surface area contributed by atoms with Crippen molar-refractivity contribution in [3.05, 3.63) is 63.1 Å². The zero-order chi connectivity index (χ0) is 14.9. The quantitative estimate of drug-likeness (QED) is 0.908. The molecule has 3 heteroatoms. The van der Waals surface area contributed by atoms with Crippen molar-refractivity contribution in [2.45, 2.75) is 26.3 Å². The average molecular weight is 334 g/mol. The molecule has 0 aliphatic rings. The van der Waals surface area contributed by atoms with Crippen LogP contribution in [0, 0.1) is 13.8 Å². The third kappa shape index (κ3) is 2.60. The van der Waals surface area contributed by atoms with Gasteiger partial charge in [-0.3, -0.25) is 0 Å². The van der Waals surface area contributed by atoms with Crippen LogP contribution in [-0.4, -0.2) is 7.11 Å². The van der Waals surface area contributed by atoms with Crippen LogP contribution >= 0.6 is 15.9 Å². The van der Waals surface area contributed by atoms with Crippen LogP contribution in [0.25, 0.3) is 0 Å². The molecular formula is C17H20BrNO. The predicted molar refractivity (Wildman–Crippen MR) is 87.3 cm³/mol. The standard InChI is InChI=1S/C17H20BrNO/c1-11-5-10-15(16(20-4)12(11)2)17(3,19)13-6-8-14(18)9-7-13/h5-10H,19H2,1-4H3. The van der Waals surface area contributed by atoms with Gasteiger partial charge in [-0.1, -0.05) is 40.2 Å². The first-order valence-electron chi connectivity index (χ1n) is 6.57. The first kappa shape index (κ1) is 15.1. The van der Waals surface area contributed by atoms with Gasteiger partial charge in [0.15, 0.2) is 0 Å². The molecule has 2 nitrogen and oxygen atoms in total. The minimum atomic E-state index is -0.593. The Bertz CT molecular complexity index is 618. The van der Waals surface area contributed by atoms with Gasteiger partial charge in [-0.05, 0) is 49.6 Å². The molecule has 0 bridgehead atoms. The van der Waals surface area contributed by atoms with Gasteiger partial charge >= 0.3 is 0 Å². The van der Waals surface area contributed by atoms with E-state index in [1.54, 1.807) is 7.11 Å². The molecule has 1 atom stereocenters. The molecule has 2 aromatic carbocycles. The van der Waals surface area contributed by atoms with Crippen LogP contribution in [0.1, 0.15) is 29.2 Å². The zero-order valence-corrected chi connectivity index (χ0v) is 13.9. The van der Waals surface area contributed by atoms with E-state index in [0.717, 1.165) is 26.9 Å². The van der Waals surface area contributed by atoms with Gasteiger partial charge in [-0.2, -0.15) is 0 Å². The first-order chi connectivity index (χ1) is 9.37. The van der Waals surface area contributed by atoms with Crippen LogP contribution in [0.2, 0.25) is 0 Å². The van der Waals surface area contributed by atoms with E-state index in [9.17, 15) is 0 Å². The lowest BCUT2D eigenvalue weighted by Gasteiger charge is -2.29. The highest BCUT2D eigenvalue weighted by molar-refractivity contribution is 9.10. The van der Waals surface area contributed by atoms with Gasteiger partial charge in [0.2, 0.25) is 0 Å². The smallest absolute Gasteiger partial charge is 0.127 e. The molecule has 0 fully saturated rings. The Labute approximate surface area is 129 Å². The molecule has 0 saturated heterocycles. The second kappa shape index (κ2) is 5.58. The molecule has 1 unspecified atom stereocenters. The fraction of sp³-hybridized carbons (Fsp3) is 0.294. The Morgan fingerprint density at radius 2 is 1.65 bits per heavy atom. The Kier molecular flexibility index (Phi) is 4.21. The summed E-state index contributed by atoms with van der Waals surface area (Å²) in [6.45, 7) is 6.16. The monoisotopic (exact) mass is 333 g/mol. The molecule has 2 N–H and O–H groups in total. The molecule has 0 spiro atoms. The first-order valence-corrected chi connectivity index (χ1v) is 7.37. The average Bonchev–Trinajstić information content (AvgIpc) is 2.42. The van der Waals surface area contributed by atoms with Crippen molar-refractivity contribution < 1.29 is 4.74 Å². The summed E-state index contributed by atoms with van der Waals surface area (Å²) in [4.78, 5) is 0. The number of ether oxygens (including phenoxy) is 1. The van der Waals surface area contributed by atoms with Crippen molar-refractivity contribution in [1.29, 1.82) is 0 Å². The molecule has 20 heavy (non-hydrogen) atoms. The maximum Gasteiger partial charge on any atom is 0.127 e. The van der Waals surface area contributed by atoms with Crippen LogP contribution in [0.3, 0.4) is 0 Å². The third-order valence-corrected chi connectivity index (χ3v) is 4.41. The molecule has 2 rings (SSSR count). The van der Waals surface area contributed by atoms with Crippen LogP contribution in [-0.2, 0) is 5.54 Å². The molecular weight excluding hydrogens is 314 g/mol. The molecule has 0 aliphatic carbocycles. The van der Waals surface area contributed by atoms with E-state index in [4.69, 9.17) is 10.5 Å². The van der Waals surface area contributed by atoms with E-state index in [2.05, 4.69) is 41.9 Å². The molecule has 0 saturated carbocycles. The van der Waals surface area contributed by atoms with Crippen LogP contribution < -0.4 is 10.5 Å². The van der Waals surface area contributed by atoms with Gasteiger partial charge < -0.3 is 10.5 Å². The highest BCUT2D eigenvalue weighted by Gasteiger charge is 2.28. The number of rotatable bonds is 3. The van der Waals surface area contributed by atoms with Crippen molar-refractivity contribution in [2.24, 2.45) is 5.73 Å². The van der Waals surface area contributed by atoms with E-state index in [-0.39, 0.29) is 0 Å². The van der Waals surface area contributed by atoms with Gasteiger partial charge in [-0.25, -0.2) is 0 Å². The summed E-state index contributed by atoms with van der Waals surface area (Å²) in [5.41, 5.74) is 10.4. The molecule has 0 aromatic heterocycles. The van der Waals surface area contributed by atoms with Gasteiger partial charge in [0.25, 0.3) is 0 Å². The summed E-state index contributed by atoms with van der Waals surface area (Å²) in [7, 11) is 1.70. The molecule has 106 valence electrons. The lowest BCUT2D eigenvalue weighted by molar-refractivity contribution is 0.395. The SMILES string of the molecule is COc1c(C(C)(N)c2ccc(Br)cc2)ccc(C)c1C. The number of nitrogens with two attached hydrogens (primary N) is 1. The van der Waals surface area contributed by atoms with Crippen molar-refractivity contribution >= 4 is 15.9 Å². The van der Waals surface area contributed by atoms with Crippen LogP contribution in [0.15, 0.2) is 40.9 Å². The number of benzene rings is 2. The Morgan fingerprint density at radius 3 is 2.20 bits per heavy atom. The normalized spacial score (nSPS) is 13.9. The van der Waals surface area contributed by atoms with Gasteiger partial charge in [0, 0.05) is 10.0 Å². The van der Waals surface area contributed by atoms with E-state index < -0.39 is 5.54 Å². The molecule has 2 aromatic rings. The summed E-state index contributed by atoms with van der Waals surface area (Å²) in [5.74, 6) is 0.873. The number of aryl methyl sites for hydroxylation is 1. The van der Waals surface area contributed by atoms with E-state index >= 15 is 0 Å². The molecule has 0 heterocycles. The van der Waals surface area contributed by atoms with E-state index in [1.807, 2.05) is 31.2 Å². The lowest BCUT2D eigenvalue weighted by atomic mass is 9.83. The van der Waals surface area contributed by atoms with Crippen LogP contribution in [0.5, 0.6) is 5.75 Å². The number of halogens is 1. The predicted octanol–water partition coefficient (Wildman–Crippen LogP) is 4.30. The second-order valence-corrected chi connectivity index (χ2v) is 6.21. The van der Waals surface area contributed by atoms with Gasteiger partial charge in [-0.15, -0.1) is 0 Å². The highest BCUT2D eigenvalue weighted by atomic mass is 79.9. The summed E-state index contributed by atoms with van der Waals surface area (Å²) < 4.78 is 6.64. The largest absolute Gasteiger partial charge is 0.496 e. The third-order valence-electron chi connectivity index (χ3n) is 3.88.